The molecule has 0 atom stereocenters. The fourth-order valence-corrected chi connectivity index (χ4v) is 0.922. The first-order valence-corrected chi connectivity index (χ1v) is 3.64. The maximum Gasteiger partial charge on any atom is 0.00269 e. The van der Waals surface area contributed by atoms with Gasteiger partial charge in [0, 0.05) is 6.54 Å². The van der Waals surface area contributed by atoms with Crippen molar-refractivity contribution in [2.75, 3.05) is 20.1 Å². The van der Waals surface area contributed by atoms with Gasteiger partial charge >= 0.3 is 0 Å². The summed E-state index contributed by atoms with van der Waals surface area (Å²) in [4.78, 5) is 2.33. The Hall–Kier alpha value is -0.0400. The minimum Gasteiger partial charge on any atom is -0.306 e. The Balaban J connectivity index is 0. The van der Waals surface area contributed by atoms with E-state index in [1.807, 2.05) is 0 Å². The molecular weight excluding hydrogens is 122 g/mol. The minimum atomic E-state index is 0. The van der Waals surface area contributed by atoms with Crippen LogP contribution in [0.15, 0.2) is 0 Å². The quantitative estimate of drug-likeness (QED) is 0.577. The van der Waals surface area contributed by atoms with Gasteiger partial charge in [0.25, 0.3) is 0 Å². The summed E-state index contributed by atoms with van der Waals surface area (Å²) in [5.41, 5.74) is 0.449. The lowest BCUT2D eigenvalue weighted by Gasteiger charge is -2.25. The first-order valence-electron chi connectivity index (χ1n) is 3.64. The molecule has 0 aliphatic carbocycles. The summed E-state index contributed by atoms with van der Waals surface area (Å²) in [6.07, 6.45) is 0. The van der Waals surface area contributed by atoms with Crippen LogP contribution in [0.3, 0.4) is 0 Å². The van der Waals surface area contributed by atoms with E-state index in [4.69, 9.17) is 0 Å². The van der Waals surface area contributed by atoms with Crippen LogP contribution in [0.2, 0.25) is 0 Å². The molecule has 0 aromatic carbocycles. The van der Waals surface area contributed by atoms with Gasteiger partial charge < -0.3 is 4.90 Å². The SMILES string of the molecule is C.CCN(C)CC(C)(C)C. The Morgan fingerprint density at radius 2 is 1.60 bits per heavy atom. The van der Waals surface area contributed by atoms with E-state index in [1.165, 1.54) is 6.54 Å². The van der Waals surface area contributed by atoms with Gasteiger partial charge in [-0.3, -0.25) is 0 Å². The molecule has 0 rings (SSSR count). The third-order valence-electron chi connectivity index (χ3n) is 1.28. The Kier molecular flexibility index (Phi) is 5.96. The summed E-state index contributed by atoms with van der Waals surface area (Å²) in [7, 11) is 2.16. The first-order chi connectivity index (χ1) is 3.95. The Bertz CT molecular complexity index is 71.3. The van der Waals surface area contributed by atoms with Crippen LogP contribution in [-0.4, -0.2) is 25.0 Å². The van der Waals surface area contributed by atoms with Gasteiger partial charge in [0.1, 0.15) is 0 Å². The predicted molar refractivity (Wildman–Crippen MR) is 49.4 cm³/mol. The molecule has 0 aliphatic rings. The fourth-order valence-electron chi connectivity index (χ4n) is 0.922. The number of hydrogen-bond donors (Lipinski definition) is 0. The zero-order valence-corrected chi connectivity index (χ0v) is 7.36. The van der Waals surface area contributed by atoms with Crippen molar-refractivity contribution in [1.82, 2.24) is 4.90 Å². The summed E-state index contributed by atoms with van der Waals surface area (Å²) in [6, 6.07) is 0. The van der Waals surface area contributed by atoms with Crippen LogP contribution in [0, 0.1) is 5.41 Å². The van der Waals surface area contributed by atoms with E-state index >= 15 is 0 Å². The van der Waals surface area contributed by atoms with Gasteiger partial charge in [0.05, 0.1) is 0 Å². The Labute approximate surface area is 66.4 Å². The molecule has 0 spiro atoms. The van der Waals surface area contributed by atoms with Crippen molar-refractivity contribution in [3.63, 3.8) is 0 Å². The summed E-state index contributed by atoms with van der Waals surface area (Å²) < 4.78 is 0. The number of rotatable bonds is 2. The summed E-state index contributed by atoms with van der Waals surface area (Å²) in [6.45, 7) is 11.3. The van der Waals surface area contributed by atoms with E-state index in [0.717, 1.165) is 6.54 Å². The van der Waals surface area contributed by atoms with Crippen LogP contribution in [0.25, 0.3) is 0 Å². The molecule has 0 amide bonds. The van der Waals surface area contributed by atoms with Crippen LogP contribution in [0.4, 0.5) is 0 Å². The van der Waals surface area contributed by atoms with Gasteiger partial charge in [0.2, 0.25) is 0 Å². The van der Waals surface area contributed by atoms with E-state index < -0.39 is 0 Å². The maximum absolute atomic E-state index is 2.33. The van der Waals surface area contributed by atoms with Crippen LogP contribution < -0.4 is 0 Å². The lowest BCUT2D eigenvalue weighted by Crippen LogP contribution is -2.28. The minimum absolute atomic E-state index is 0. The lowest BCUT2D eigenvalue weighted by molar-refractivity contribution is 0.236. The second-order valence-corrected chi connectivity index (χ2v) is 3.89. The largest absolute Gasteiger partial charge is 0.306 e. The third kappa shape index (κ3) is 7.96. The molecule has 0 N–H and O–H groups in total. The monoisotopic (exact) mass is 145 g/mol. The molecule has 1 heteroatoms. The van der Waals surface area contributed by atoms with Gasteiger partial charge in [-0.25, -0.2) is 0 Å². The van der Waals surface area contributed by atoms with E-state index in [-0.39, 0.29) is 7.43 Å². The molecule has 1 nitrogen and oxygen atoms in total. The van der Waals surface area contributed by atoms with Gasteiger partial charge in [0.15, 0.2) is 0 Å². The highest BCUT2D eigenvalue weighted by Crippen LogP contribution is 2.13. The lowest BCUT2D eigenvalue weighted by atomic mass is 9.96. The molecule has 0 aromatic rings. The molecule has 0 aromatic heterocycles. The molecule has 0 bridgehead atoms. The van der Waals surface area contributed by atoms with E-state index in [2.05, 4.69) is 39.6 Å². The summed E-state index contributed by atoms with van der Waals surface area (Å²) in [5.74, 6) is 0. The van der Waals surface area contributed by atoms with Crippen molar-refractivity contribution < 1.29 is 0 Å². The van der Waals surface area contributed by atoms with Crippen LogP contribution in [-0.2, 0) is 0 Å². The number of nitrogens with zero attached hydrogens (tertiary/aromatic N) is 1. The highest BCUT2D eigenvalue weighted by Gasteiger charge is 2.11. The van der Waals surface area contributed by atoms with Crippen molar-refractivity contribution in [2.45, 2.75) is 35.1 Å². The first kappa shape index (κ1) is 12.6. The number of hydrogen-bond acceptors (Lipinski definition) is 1. The van der Waals surface area contributed by atoms with Gasteiger partial charge in [-0.15, -0.1) is 0 Å². The molecule has 0 saturated carbocycles. The van der Waals surface area contributed by atoms with Gasteiger partial charge in [-0.05, 0) is 19.0 Å². The zero-order valence-electron chi connectivity index (χ0n) is 7.36. The topological polar surface area (TPSA) is 3.24 Å². The molecule has 0 heterocycles. The smallest absolute Gasteiger partial charge is 0.00269 e. The summed E-state index contributed by atoms with van der Waals surface area (Å²) >= 11 is 0. The molecule has 64 valence electrons. The molecule has 0 saturated heterocycles. The van der Waals surface area contributed by atoms with E-state index in [9.17, 15) is 0 Å². The van der Waals surface area contributed by atoms with Gasteiger partial charge in [-0.1, -0.05) is 35.1 Å². The van der Waals surface area contributed by atoms with Crippen LogP contribution >= 0.6 is 0 Å². The highest BCUT2D eigenvalue weighted by molar-refractivity contribution is 4.64. The molecular formula is C9H23N. The molecule has 10 heavy (non-hydrogen) atoms. The zero-order chi connectivity index (χ0) is 7.49. The average molecular weight is 145 g/mol. The van der Waals surface area contributed by atoms with Crippen molar-refractivity contribution in [2.24, 2.45) is 5.41 Å². The van der Waals surface area contributed by atoms with Crippen molar-refractivity contribution in [3.05, 3.63) is 0 Å². The molecule has 0 fully saturated rings. The summed E-state index contributed by atoms with van der Waals surface area (Å²) in [5, 5.41) is 0. The van der Waals surface area contributed by atoms with Crippen molar-refractivity contribution in [3.8, 4) is 0 Å². The van der Waals surface area contributed by atoms with E-state index in [0.29, 0.717) is 5.41 Å². The second kappa shape index (κ2) is 4.73. The van der Waals surface area contributed by atoms with Crippen LogP contribution in [0.1, 0.15) is 35.1 Å². The second-order valence-electron chi connectivity index (χ2n) is 3.89. The molecule has 0 unspecified atom stereocenters. The Morgan fingerprint density at radius 3 is 1.70 bits per heavy atom. The maximum atomic E-state index is 2.33. The fraction of sp³-hybridized carbons (Fsp3) is 1.00. The third-order valence-corrected chi connectivity index (χ3v) is 1.28. The van der Waals surface area contributed by atoms with Crippen LogP contribution in [0.5, 0.6) is 0 Å². The van der Waals surface area contributed by atoms with Crippen molar-refractivity contribution >= 4 is 0 Å². The highest BCUT2D eigenvalue weighted by atomic mass is 15.1. The predicted octanol–water partition coefficient (Wildman–Crippen LogP) is 2.62. The van der Waals surface area contributed by atoms with Gasteiger partial charge in [-0.2, -0.15) is 0 Å². The normalized spacial score (nSPS) is 11.4. The Morgan fingerprint density at radius 1 is 1.20 bits per heavy atom. The average Bonchev–Trinajstić information content (AvgIpc) is 1.62. The molecule has 0 aliphatic heterocycles. The van der Waals surface area contributed by atoms with Crippen molar-refractivity contribution in [1.29, 1.82) is 0 Å². The standard InChI is InChI=1S/C8H19N.CH4/c1-6-9(5)7-8(2,3)4;/h6-7H2,1-5H3;1H4. The molecule has 0 radical (unpaired) electrons. The van der Waals surface area contributed by atoms with E-state index in [1.54, 1.807) is 0 Å².